The van der Waals surface area contributed by atoms with E-state index >= 15 is 0 Å². The molecule has 0 atom stereocenters. The van der Waals surface area contributed by atoms with Crippen LogP contribution in [0, 0.1) is 0 Å². The Balaban J connectivity index is 1.64. The van der Waals surface area contributed by atoms with E-state index in [-0.39, 0.29) is 24.8 Å². The van der Waals surface area contributed by atoms with E-state index in [1.165, 1.54) is 4.90 Å². The van der Waals surface area contributed by atoms with Crippen LogP contribution in [0.15, 0.2) is 49.0 Å². The van der Waals surface area contributed by atoms with Crippen molar-refractivity contribution >= 4 is 46.4 Å². The summed E-state index contributed by atoms with van der Waals surface area (Å²) in [6, 6.07) is 12.1. The van der Waals surface area contributed by atoms with Gasteiger partial charge in [-0.3, -0.25) is 9.59 Å². The molecule has 0 aromatic heterocycles. The molecular formula is C18H14Cl2N2O2. The van der Waals surface area contributed by atoms with Gasteiger partial charge in [-0.2, -0.15) is 0 Å². The second kappa shape index (κ2) is 6.67. The smallest absolute Gasteiger partial charge is 0.258 e. The minimum Gasteiger partial charge on any atom is -0.325 e. The first-order valence-corrected chi connectivity index (χ1v) is 8.08. The summed E-state index contributed by atoms with van der Waals surface area (Å²) in [5, 5.41) is 3.59. The van der Waals surface area contributed by atoms with E-state index in [2.05, 4.69) is 11.9 Å². The van der Waals surface area contributed by atoms with Crippen LogP contribution in [-0.4, -0.2) is 23.3 Å². The number of anilines is 1. The van der Waals surface area contributed by atoms with Gasteiger partial charge < -0.3 is 10.2 Å². The molecule has 0 aliphatic carbocycles. The number of rotatable bonds is 4. The van der Waals surface area contributed by atoms with E-state index in [1.54, 1.807) is 30.3 Å². The van der Waals surface area contributed by atoms with Gasteiger partial charge in [-0.1, -0.05) is 48.0 Å². The monoisotopic (exact) mass is 360 g/mol. The van der Waals surface area contributed by atoms with E-state index in [0.717, 1.165) is 5.56 Å². The fraction of sp³-hybridized carbons (Fsp3) is 0.111. The van der Waals surface area contributed by atoms with Crippen LogP contribution in [-0.2, 0) is 4.79 Å². The van der Waals surface area contributed by atoms with E-state index in [9.17, 15) is 9.59 Å². The summed E-state index contributed by atoms with van der Waals surface area (Å²) < 4.78 is 0. The number of hydrogen-bond donors (Lipinski definition) is 1. The van der Waals surface area contributed by atoms with Crippen molar-refractivity contribution in [1.29, 1.82) is 0 Å². The summed E-state index contributed by atoms with van der Waals surface area (Å²) in [7, 11) is 0. The minimum atomic E-state index is -0.254. The normalized spacial score (nSPS) is 13.2. The summed E-state index contributed by atoms with van der Waals surface area (Å²) >= 11 is 11.9. The molecule has 2 aromatic carbocycles. The average Bonchev–Trinajstić information content (AvgIpc) is 2.81. The number of benzene rings is 2. The molecule has 6 heteroatoms. The largest absolute Gasteiger partial charge is 0.325 e. The average molecular weight is 361 g/mol. The lowest BCUT2D eigenvalue weighted by atomic mass is 10.1. The molecule has 0 bridgehead atoms. The van der Waals surface area contributed by atoms with Gasteiger partial charge in [0.25, 0.3) is 5.91 Å². The molecule has 4 nitrogen and oxygen atoms in total. The van der Waals surface area contributed by atoms with Crippen molar-refractivity contribution < 1.29 is 9.59 Å². The molecule has 0 fully saturated rings. The number of fused-ring (bicyclic) bond motifs is 1. The Bertz CT molecular complexity index is 814. The number of hydrogen-bond acceptors (Lipinski definition) is 2. The van der Waals surface area contributed by atoms with Gasteiger partial charge in [0.15, 0.2) is 0 Å². The highest BCUT2D eigenvalue weighted by atomic mass is 35.5. The summed E-state index contributed by atoms with van der Waals surface area (Å²) in [6.07, 6.45) is 0.127. The molecule has 1 aliphatic heterocycles. The standard InChI is InChI=1S/C18H14Cl2N2O2/c1-11-13-4-2-3-5-14(13)18(24)22(11)9-8-17(23)21-16-10-12(19)6-7-15(16)20/h2-7,10H,1,8-9H2,(H,21,23). The van der Waals surface area contributed by atoms with Crippen LogP contribution in [0.2, 0.25) is 10.0 Å². The molecule has 3 rings (SSSR count). The third-order valence-electron chi connectivity index (χ3n) is 3.80. The maximum atomic E-state index is 12.4. The summed E-state index contributed by atoms with van der Waals surface area (Å²) in [6.45, 7) is 4.20. The fourth-order valence-electron chi connectivity index (χ4n) is 2.59. The van der Waals surface area contributed by atoms with E-state index in [4.69, 9.17) is 23.2 Å². The number of nitrogens with one attached hydrogen (secondary N) is 1. The number of amides is 2. The number of halogens is 2. The van der Waals surface area contributed by atoms with Gasteiger partial charge in [0, 0.05) is 34.8 Å². The van der Waals surface area contributed by atoms with Gasteiger partial charge in [-0.15, -0.1) is 0 Å². The summed E-state index contributed by atoms with van der Waals surface area (Å²) in [4.78, 5) is 26.0. The van der Waals surface area contributed by atoms with Crippen LogP contribution < -0.4 is 5.32 Å². The quantitative estimate of drug-likeness (QED) is 0.875. The van der Waals surface area contributed by atoms with Crippen molar-refractivity contribution in [3.05, 3.63) is 70.2 Å². The molecule has 0 unspecified atom stereocenters. The van der Waals surface area contributed by atoms with Gasteiger partial charge in [0.1, 0.15) is 0 Å². The Morgan fingerprint density at radius 3 is 2.54 bits per heavy atom. The fourth-order valence-corrected chi connectivity index (χ4v) is 2.93. The minimum absolute atomic E-state index is 0.127. The molecule has 2 aromatic rings. The Morgan fingerprint density at radius 1 is 1.12 bits per heavy atom. The predicted molar refractivity (Wildman–Crippen MR) is 96.2 cm³/mol. The third-order valence-corrected chi connectivity index (χ3v) is 4.37. The number of carbonyl (C=O) groups excluding carboxylic acids is 2. The molecule has 0 radical (unpaired) electrons. The summed E-state index contributed by atoms with van der Waals surface area (Å²) in [5.74, 6) is -0.389. The highest BCUT2D eigenvalue weighted by Crippen LogP contribution is 2.31. The Kier molecular flexibility index (Phi) is 4.60. The Morgan fingerprint density at radius 2 is 1.83 bits per heavy atom. The van der Waals surface area contributed by atoms with E-state index in [0.29, 0.717) is 27.0 Å². The molecule has 122 valence electrons. The molecule has 1 heterocycles. The molecule has 24 heavy (non-hydrogen) atoms. The van der Waals surface area contributed by atoms with Gasteiger partial charge in [-0.25, -0.2) is 0 Å². The second-order valence-corrected chi connectivity index (χ2v) is 6.22. The van der Waals surface area contributed by atoms with Crippen molar-refractivity contribution in [2.24, 2.45) is 0 Å². The van der Waals surface area contributed by atoms with Crippen molar-refractivity contribution in [3.8, 4) is 0 Å². The lowest BCUT2D eigenvalue weighted by Gasteiger charge is -2.17. The lowest BCUT2D eigenvalue weighted by Crippen LogP contribution is -2.27. The second-order valence-electron chi connectivity index (χ2n) is 5.37. The molecule has 0 saturated carbocycles. The molecule has 0 spiro atoms. The van der Waals surface area contributed by atoms with E-state index < -0.39 is 0 Å². The van der Waals surface area contributed by atoms with Crippen LogP contribution in [0.3, 0.4) is 0 Å². The van der Waals surface area contributed by atoms with Crippen LogP contribution in [0.5, 0.6) is 0 Å². The first kappa shape index (κ1) is 16.6. The maximum absolute atomic E-state index is 12.4. The topological polar surface area (TPSA) is 49.4 Å². The van der Waals surface area contributed by atoms with Crippen LogP contribution in [0.1, 0.15) is 22.3 Å². The van der Waals surface area contributed by atoms with Crippen molar-refractivity contribution in [2.75, 3.05) is 11.9 Å². The zero-order valence-electron chi connectivity index (χ0n) is 12.7. The highest BCUT2D eigenvalue weighted by Gasteiger charge is 2.30. The molecule has 1 N–H and O–H groups in total. The Hall–Kier alpha value is -2.30. The Labute approximate surface area is 149 Å². The van der Waals surface area contributed by atoms with Gasteiger partial charge in [-0.05, 0) is 24.3 Å². The van der Waals surface area contributed by atoms with Crippen LogP contribution in [0.4, 0.5) is 5.69 Å². The SMILES string of the molecule is C=C1c2ccccc2C(=O)N1CCC(=O)Nc1cc(Cl)ccc1Cl. The number of nitrogens with zero attached hydrogens (tertiary/aromatic N) is 1. The first-order chi connectivity index (χ1) is 11.5. The molecule has 2 amide bonds. The zero-order chi connectivity index (χ0) is 17.3. The maximum Gasteiger partial charge on any atom is 0.258 e. The number of carbonyl (C=O) groups is 2. The van der Waals surface area contributed by atoms with Crippen molar-refractivity contribution in [2.45, 2.75) is 6.42 Å². The molecule has 1 aliphatic rings. The zero-order valence-corrected chi connectivity index (χ0v) is 14.2. The van der Waals surface area contributed by atoms with Crippen LogP contribution in [0.25, 0.3) is 5.70 Å². The summed E-state index contributed by atoms with van der Waals surface area (Å²) in [5.41, 5.74) is 2.48. The lowest BCUT2D eigenvalue weighted by molar-refractivity contribution is -0.116. The van der Waals surface area contributed by atoms with E-state index in [1.807, 2.05) is 12.1 Å². The predicted octanol–water partition coefficient (Wildman–Crippen LogP) is 4.45. The first-order valence-electron chi connectivity index (χ1n) is 7.32. The van der Waals surface area contributed by atoms with Crippen LogP contribution >= 0.6 is 23.2 Å². The van der Waals surface area contributed by atoms with Gasteiger partial charge >= 0.3 is 0 Å². The third kappa shape index (κ3) is 3.16. The van der Waals surface area contributed by atoms with Crippen molar-refractivity contribution in [3.63, 3.8) is 0 Å². The van der Waals surface area contributed by atoms with Gasteiger partial charge in [0.2, 0.25) is 5.91 Å². The molecular weight excluding hydrogens is 347 g/mol. The van der Waals surface area contributed by atoms with Gasteiger partial charge in [0.05, 0.1) is 10.7 Å². The molecule has 0 saturated heterocycles. The van der Waals surface area contributed by atoms with Crippen molar-refractivity contribution in [1.82, 2.24) is 4.90 Å². The highest BCUT2D eigenvalue weighted by molar-refractivity contribution is 6.35.